The van der Waals surface area contributed by atoms with Gasteiger partial charge in [0.2, 0.25) is 0 Å². The molecule has 1 N–H and O–H groups in total. The maximum absolute atomic E-state index is 5.87. The third-order valence-electron chi connectivity index (χ3n) is 2.90. The second-order valence-electron chi connectivity index (χ2n) is 4.66. The maximum Gasteiger partial charge on any atom is 0.134 e. The Bertz CT molecular complexity index is 572. The predicted molar refractivity (Wildman–Crippen MR) is 86.2 cm³/mol. The average Bonchev–Trinajstić information content (AvgIpc) is 2.45. The van der Waals surface area contributed by atoms with Crippen LogP contribution in [0.15, 0.2) is 41.0 Å². The van der Waals surface area contributed by atoms with Crippen LogP contribution in [0.4, 0.5) is 5.82 Å². The first-order chi connectivity index (χ1) is 9.70. The van der Waals surface area contributed by atoms with Crippen LogP contribution >= 0.6 is 15.9 Å². The van der Waals surface area contributed by atoms with Gasteiger partial charge in [-0.3, -0.25) is 0 Å². The van der Waals surface area contributed by atoms with Gasteiger partial charge in [0.1, 0.15) is 18.2 Å². The molecule has 0 aliphatic rings. The molecule has 1 aromatic carbocycles. The molecule has 4 heteroatoms. The van der Waals surface area contributed by atoms with E-state index in [0.717, 1.165) is 34.6 Å². The zero-order chi connectivity index (χ0) is 14.4. The van der Waals surface area contributed by atoms with Gasteiger partial charge in [-0.2, -0.15) is 0 Å². The Labute approximate surface area is 128 Å². The van der Waals surface area contributed by atoms with Crippen LogP contribution in [0.2, 0.25) is 0 Å². The van der Waals surface area contributed by atoms with E-state index in [1.165, 1.54) is 5.56 Å². The van der Waals surface area contributed by atoms with Crippen molar-refractivity contribution >= 4 is 21.7 Å². The smallest absolute Gasteiger partial charge is 0.134 e. The molecule has 0 amide bonds. The van der Waals surface area contributed by atoms with E-state index in [2.05, 4.69) is 46.1 Å². The maximum atomic E-state index is 5.87. The Morgan fingerprint density at radius 1 is 1.30 bits per heavy atom. The van der Waals surface area contributed by atoms with Crippen molar-refractivity contribution in [3.63, 3.8) is 0 Å². The Kier molecular flexibility index (Phi) is 5.41. The number of halogens is 1. The van der Waals surface area contributed by atoms with Gasteiger partial charge in [0.05, 0.1) is 4.47 Å². The lowest BCUT2D eigenvalue weighted by atomic mass is 10.2. The van der Waals surface area contributed by atoms with Crippen LogP contribution < -0.4 is 10.1 Å². The molecule has 0 radical (unpaired) electrons. The monoisotopic (exact) mass is 334 g/mol. The minimum atomic E-state index is 0.502. The van der Waals surface area contributed by atoms with E-state index in [4.69, 9.17) is 4.74 Å². The minimum absolute atomic E-state index is 0.502. The predicted octanol–water partition coefficient (Wildman–Crippen LogP) is 4.55. The Hall–Kier alpha value is -1.55. The lowest BCUT2D eigenvalue weighted by Gasteiger charge is -2.12. The number of benzene rings is 1. The molecule has 0 bridgehead atoms. The van der Waals surface area contributed by atoms with E-state index in [1.807, 2.05) is 24.3 Å². The summed E-state index contributed by atoms with van der Waals surface area (Å²) >= 11 is 3.52. The van der Waals surface area contributed by atoms with Gasteiger partial charge in [0, 0.05) is 18.3 Å². The summed E-state index contributed by atoms with van der Waals surface area (Å²) in [4.78, 5) is 4.36. The summed E-state index contributed by atoms with van der Waals surface area (Å²) in [6.07, 6.45) is 2.86. The van der Waals surface area contributed by atoms with E-state index in [9.17, 15) is 0 Å². The Balaban J connectivity index is 2.06. The number of nitrogens with one attached hydrogen (secondary N) is 1. The SMILES string of the molecule is CCCNc1ncccc1COc1ccc(C)cc1Br. The fraction of sp³-hybridized carbons (Fsp3) is 0.312. The molecule has 0 aliphatic carbocycles. The lowest BCUT2D eigenvalue weighted by molar-refractivity contribution is 0.304. The van der Waals surface area contributed by atoms with Crippen molar-refractivity contribution in [3.05, 3.63) is 52.1 Å². The van der Waals surface area contributed by atoms with Gasteiger partial charge in [-0.25, -0.2) is 4.98 Å². The molecule has 0 unspecified atom stereocenters. The number of hydrogen-bond donors (Lipinski definition) is 1. The number of aryl methyl sites for hydroxylation is 1. The largest absolute Gasteiger partial charge is 0.488 e. The molecule has 0 saturated carbocycles. The van der Waals surface area contributed by atoms with E-state index in [1.54, 1.807) is 6.20 Å². The number of anilines is 1. The number of nitrogens with zero attached hydrogens (tertiary/aromatic N) is 1. The van der Waals surface area contributed by atoms with Gasteiger partial charge >= 0.3 is 0 Å². The highest BCUT2D eigenvalue weighted by Gasteiger charge is 2.06. The molecule has 0 saturated heterocycles. The van der Waals surface area contributed by atoms with Gasteiger partial charge < -0.3 is 10.1 Å². The van der Waals surface area contributed by atoms with Gasteiger partial charge in [-0.1, -0.05) is 19.1 Å². The summed E-state index contributed by atoms with van der Waals surface area (Å²) < 4.78 is 6.85. The highest BCUT2D eigenvalue weighted by molar-refractivity contribution is 9.10. The van der Waals surface area contributed by atoms with Crippen molar-refractivity contribution in [1.29, 1.82) is 0 Å². The van der Waals surface area contributed by atoms with Crippen LogP contribution in [0, 0.1) is 6.92 Å². The number of pyridine rings is 1. The molecule has 3 nitrogen and oxygen atoms in total. The molecule has 1 aromatic heterocycles. The highest BCUT2D eigenvalue weighted by atomic mass is 79.9. The van der Waals surface area contributed by atoms with E-state index < -0.39 is 0 Å². The third-order valence-corrected chi connectivity index (χ3v) is 3.52. The van der Waals surface area contributed by atoms with E-state index in [-0.39, 0.29) is 0 Å². The number of aromatic nitrogens is 1. The average molecular weight is 335 g/mol. The van der Waals surface area contributed by atoms with E-state index >= 15 is 0 Å². The third kappa shape index (κ3) is 3.97. The minimum Gasteiger partial charge on any atom is -0.488 e. The Morgan fingerprint density at radius 3 is 2.90 bits per heavy atom. The standard InChI is InChI=1S/C16H19BrN2O/c1-3-8-18-16-13(5-4-9-19-16)11-20-15-7-6-12(2)10-14(15)17/h4-7,9-10H,3,8,11H2,1-2H3,(H,18,19). The van der Waals surface area contributed by atoms with Crippen LogP contribution in [0.1, 0.15) is 24.5 Å². The summed E-state index contributed by atoms with van der Waals surface area (Å²) in [5.41, 5.74) is 2.27. The quantitative estimate of drug-likeness (QED) is 0.841. The highest BCUT2D eigenvalue weighted by Crippen LogP contribution is 2.27. The number of ether oxygens (including phenoxy) is 1. The first-order valence-corrected chi connectivity index (χ1v) is 7.56. The van der Waals surface area contributed by atoms with Gasteiger partial charge in [0.15, 0.2) is 0 Å². The molecule has 2 aromatic rings. The van der Waals surface area contributed by atoms with Crippen molar-refractivity contribution in [1.82, 2.24) is 4.98 Å². The summed E-state index contributed by atoms with van der Waals surface area (Å²) in [6.45, 7) is 5.61. The number of hydrogen-bond acceptors (Lipinski definition) is 3. The first kappa shape index (κ1) is 14.9. The Morgan fingerprint density at radius 2 is 2.15 bits per heavy atom. The van der Waals surface area contributed by atoms with Crippen LogP contribution in [-0.2, 0) is 6.61 Å². The second-order valence-corrected chi connectivity index (χ2v) is 5.51. The zero-order valence-electron chi connectivity index (χ0n) is 11.8. The van der Waals surface area contributed by atoms with Crippen LogP contribution in [0.3, 0.4) is 0 Å². The van der Waals surface area contributed by atoms with Crippen molar-refractivity contribution < 1.29 is 4.74 Å². The molecule has 106 valence electrons. The zero-order valence-corrected chi connectivity index (χ0v) is 13.4. The second kappa shape index (κ2) is 7.29. The molecule has 0 fully saturated rings. The summed E-state index contributed by atoms with van der Waals surface area (Å²) in [5.74, 6) is 1.75. The molecule has 20 heavy (non-hydrogen) atoms. The van der Waals surface area contributed by atoms with Crippen LogP contribution in [0.5, 0.6) is 5.75 Å². The number of rotatable bonds is 6. The molecule has 1 heterocycles. The first-order valence-electron chi connectivity index (χ1n) is 6.77. The summed E-state index contributed by atoms with van der Waals surface area (Å²) in [7, 11) is 0. The van der Waals surface area contributed by atoms with Gasteiger partial charge in [0.25, 0.3) is 0 Å². The fourth-order valence-corrected chi connectivity index (χ4v) is 2.44. The molecular weight excluding hydrogens is 316 g/mol. The fourth-order valence-electron chi connectivity index (χ4n) is 1.84. The normalized spacial score (nSPS) is 10.3. The molecule has 0 spiro atoms. The topological polar surface area (TPSA) is 34.2 Å². The molecule has 0 atom stereocenters. The molecule has 0 aliphatic heterocycles. The van der Waals surface area contributed by atoms with Crippen molar-refractivity contribution in [2.45, 2.75) is 26.9 Å². The van der Waals surface area contributed by atoms with Gasteiger partial charge in [-0.15, -0.1) is 0 Å². The van der Waals surface area contributed by atoms with Crippen molar-refractivity contribution in [3.8, 4) is 5.75 Å². The van der Waals surface area contributed by atoms with Crippen molar-refractivity contribution in [2.24, 2.45) is 0 Å². The van der Waals surface area contributed by atoms with Crippen LogP contribution in [0.25, 0.3) is 0 Å². The summed E-state index contributed by atoms with van der Waals surface area (Å²) in [6, 6.07) is 10.0. The molecule has 2 rings (SSSR count). The lowest BCUT2D eigenvalue weighted by Crippen LogP contribution is -2.07. The molecular formula is C16H19BrN2O. The van der Waals surface area contributed by atoms with E-state index in [0.29, 0.717) is 6.61 Å². The van der Waals surface area contributed by atoms with Crippen LogP contribution in [-0.4, -0.2) is 11.5 Å². The van der Waals surface area contributed by atoms with Gasteiger partial charge in [-0.05, 0) is 53.0 Å². The summed E-state index contributed by atoms with van der Waals surface area (Å²) in [5, 5.41) is 3.32. The van der Waals surface area contributed by atoms with Crippen molar-refractivity contribution in [2.75, 3.05) is 11.9 Å².